The number of benzene rings is 3. The summed E-state index contributed by atoms with van der Waals surface area (Å²) in [6.45, 7) is 3.49. The number of methoxy groups -OCH3 is 1. The van der Waals surface area contributed by atoms with Crippen LogP contribution >= 0.6 is 0 Å². The van der Waals surface area contributed by atoms with E-state index in [0.29, 0.717) is 24.8 Å². The van der Waals surface area contributed by atoms with E-state index < -0.39 is 16.1 Å². The second-order valence-corrected chi connectivity index (χ2v) is 10.4. The summed E-state index contributed by atoms with van der Waals surface area (Å²) in [5, 5.41) is 0. The van der Waals surface area contributed by atoms with Crippen molar-refractivity contribution < 1.29 is 17.9 Å². The molecule has 178 valence electrons. The van der Waals surface area contributed by atoms with Crippen LogP contribution in [0.4, 0.5) is 0 Å². The number of sulfonamides is 1. The molecule has 1 amide bonds. The third kappa shape index (κ3) is 5.32. The Morgan fingerprint density at radius 1 is 0.941 bits per heavy atom. The smallest absolute Gasteiger partial charge is 0.257 e. The Morgan fingerprint density at radius 3 is 2.03 bits per heavy atom. The number of ether oxygens (including phenoxy) is 1. The molecule has 34 heavy (non-hydrogen) atoms. The first-order valence-electron chi connectivity index (χ1n) is 11.5. The predicted molar refractivity (Wildman–Crippen MR) is 132 cm³/mol. The molecule has 0 saturated carbocycles. The van der Waals surface area contributed by atoms with Crippen LogP contribution in [-0.2, 0) is 10.0 Å². The molecule has 1 saturated heterocycles. The van der Waals surface area contributed by atoms with Gasteiger partial charge in [0.25, 0.3) is 5.91 Å². The van der Waals surface area contributed by atoms with Gasteiger partial charge in [-0.05, 0) is 48.1 Å². The van der Waals surface area contributed by atoms with Gasteiger partial charge < -0.3 is 9.64 Å². The molecule has 0 spiro atoms. The number of carbonyl (C=O) groups is 1. The summed E-state index contributed by atoms with van der Waals surface area (Å²) in [4.78, 5) is 15.1. The zero-order valence-corrected chi connectivity index (χ0v) is 20.3. The van der Waals surface area contributed by atoms with Gasteiger partial charge in [-0.15, -0.1) is 0 Å². The summed E-state index contributed by atoms with van der Waals surface area (Å²) >= 11 is 0. The first kappa shape index (κ1) is 24.0. The summed E-state index contributed by atoms with van der Waals surface area (Å²) in [6, 6.07) is 22.7. The Hall–Kier alpha value is -3.16. The van der Waals surface area contributed by atoms with Crippen molar-refractivity contribution in [3.8, 4) is 5.75 Å². The molecule has 0 aromatic heterocycles. The van der Waals surface area contributed by atoms with Crippen LogP contribution in [0.1, 0.15) is 47.3 Å². The first-order valence-corrected chi connectivity index (χ1v) is 13.0. The third-order valence-electron chi connectivity index (χ3n) is 6.32. The molecule has 6 nitrogen and oxygen atoms in total. The van der Waals surface area contributed by atoms with Crippen LogP contribution in [0.5, 0.6) is 5.75 Å². The molecule has 0 aliphatic carbocycles. The van der Waals surface area contributed by atoms with E-state index in [9.17, 15) is 13.2 Å². The number of likely N-dealkylation sites (tertiary alicyclic amines) is 1. The molecule has 1 aliphatic heterocycles. The van der Waals surface area contributed by atoms with Crippen molar-refractivity contribution in [3.63, 3.8) is 0 Å². The summed E-state index contributed by atoms with van der Waals surface area (Å²) in [5.41, 5.74) is 1.91. The minimum absolute atomic E-state index is 0.0267. The molecule has 0 unspecified atom stereocenters. The lowest BCUT2D eigenvalue weighted by Crippen LogP contribution is -2.38. The van der Waals surface area contributed by atoms with Gasteiger partial charge in [-0.3, -0.25) is 4.79 Å². The van der Waals surface area contributed by atoms with Gasteiger partial charge in [-0.25, -0.2) is 8.42 Å². The molecule has 1 N–H and O–H groups in total. The van der Waals surface area contributed by atoms with E-state index in [4.69, 9.17) is 4.74 Å². The molecule has 0 bridgehead atoms. The van der Waals surface area contributed by atoms with Crippen LogP contribution < -0.4 is 9.46 Å². The van der Waals surface area contributed by atoms with E-state index in [-0.39, 0.29) is 16.4 Å². The molecule has 0 atom stereocenters. The quantitative estimate of drug-likeness (QED) is 0.537. The lowest BCUT2D eigenvalue weighted by molar-refractivity contribution is 0.0693. The standard InChI is InChI=1S/C27H30N2O4S/c1-20-15-17-29(18-16-20)27(30)24-19-23(13-14-25(24)33-2)34(31,32)28-26(21-9-5-3-6-10-21)22-11-7-4-8-12-22/h3-14,19-20,26,28H,15-18H2,1-2H3. The number of hydrogen-bond acceptors (Lipinski definition) is 4. The van der Waals surface area contributed by atoms with Gasteiger partial charge in [0.1, 0.15) is 5.75 Å². The highest BCUT2D eigenvalue weighted by atomic mass is 32.2. The van der Waals surface area contributed by atoms with Crippen LogP contribution in [-0.4, -0.2) is 39.4 Å². The van der Waals surface area contributed by atoms with E-state index >= 15 is 0 Å². The minimum Gasteiger partial charge on any atom is -0.496 e. The Balaban J connectivity index is 1.67. The fraction of sp³-hybridized carbons (Fsp3) is 0.296. The van der Waals surface area contributed by atoms with Gasteiger partial charge >= 0.3 is 0 Å². The molecular formula is C27H30N2O4S. The summed E-state index contributed by atoms with van der Waals surface area (Å²) < 4.78 is 35.3. The lowest BCUT2D eigenvalue weighted by atomic mass is 9.98. The Bertz CT molecular complexity index is 1180. The van der Waals surface area contributed by atoms with Crippen molar-refractivity contribution in [1.29, 1.82) is 0 Å². The normalized spacial score (nSPS) is 14.9. The van der Waals surface area contributed by atoms with E-state index in [1.54, 1.807) is 11.0 Å². The van der Waals surface area contributed by atoms with Crippen molar-refractivity contribution in [2.75, 3.05) is 20.2 Å². The maximum atomic E-state index is 13.5. The van der Waals surface area contributed by atoms with Gasteiger partial charge in [0.05, 0.1) is 23.6 Å². The average Bonchev–Trinajstić information content (AvgIpc) is 2.88. The number of rotatable bonds is 7. The molecule has 1 aliphatic rings. The SMILES string of the molecule is COc1ccc(S(=O)(=O)NC(c2ccccc2)c2ccccc2)cc1C(=O)N1CCC(C)CC1. The molecule has 0 radical (unpaired) electrons. The van der Waals surface area contributed by atoms with E-state index in [2.05, 4.69) is 11.6 Å². The molecule has 3 aromatic rings. The van der Waals surface area contributed by atoms with E-state index in [1.165, 1.54) is 19.2 Å². The highest BCUT2D eigenvalue weighted by molar-refractivity contribution is 7.89. The molecular weight excluding hydrogens is 448 g/mol. The van der Waals surface area contributed by atoms with Crippen molar-refractivity contribution in [2.24, 2.45) is 5.92 Å². The van der Waals surface area contributed by atoms with Crippen molar-refractivity contribution in [1.82, 2.24) is 9.62 Å². The van der Waals surface area contributed by atoms with Gasteiger partial charge in [-0.1, -0.05) is 67.6 Å². The van der Waals surface area contributed by atoms with Gasteiger partial charge in [0, 0.05) is 13.1 Å². The molecule has 1 heterocycles. The topological polar surface area (TPSA) is 75.7 Å². The van der Waals surface area contributed by atoms with Gasteiger partial charge in [0.15, 0.2) is 0 Å². The maximum absolute atomic E-state index is 13.5. The largest absolute Gasteiger partial charge is 0.496 e. The highest BCUT2D eigenvalue weighted by Crippen LogP contribution is 2.29. The van der Waals surface area contributed by atoms with Crippen LogP contribution in [0.25, 0.3) is 0 Å². The summed E-state index contributed by atoms with van der Waals surface area (Å²) in [7, 11) is -2.47. The van der Waals surface area contributed by atoms with Gasteiger partial charge in [0.2, 0.25) is 10.0 Å². The summed E-state index contributed by atoms with van der Waals surface area (Å²) in [5.74, 6) is 0.739. The number of nitrogens with one attached hydrogen (secondary N) is 1. The number of piperidine rings is 1. The fourth-order valence-corrected chi connectivity index (χ4v) is 5.48. The Kier molecular flexibility index (Phi) is 7.34. The predicted octanol–water partition coefficient (Wildman–Crippen LogP) is 4.64. The third-order valence-corrected chi connectivity index (χ3v) is 7.74. The highest BCUT2D eigenvalue weighted by Gasteiger charge is 2.28. The minimum atomic E-state index is -3.95. The number of carbonyl (C=O) groups excluding carboxylic acids is 1. The second kappa shape index (κ2) is 10.4. The van der Waals surface area contributed by atoms with E-state index in [0.717, 1.165) is 24.0 Å². The molecule has 1 fully saturated rings. The molecule has 4 rings (SSSR count). The number of hydrogen-bond donors (Lipinski definition) is 1. The van der Waals surface area contributed by atoms with Crippen LogP contribution in [0.3, 0.4) is 0 Å². The lowest BCUT2D eigenvalue weighted by Gasteiger charge is -2.30. The Morgan fingerprint density at radius 2 is 1.50 bits per heavy atom. The monoisotopic (exact) mass is 478 g/mol. The van der Waals surface area contributed by atoms with Crippen molar-refractivity contribution in [2.45, 2.75) is 30.7 Å². The Labute approximate surface area is 201 Å². The van der Waals surface area contributed by atoms with E-state index in [1.807, 2.05) is 60.7 Å². The zero-order chi connectivity index (χ0) is 24.1. The van der Waals surface area contributed by atoms with Crippen LogP contribution in [0.15, 0.2) is 83.8 Å². The zero-order valence-electron chi connectivity index (χ0n) is 19.5. The summed E-state index contributed by atoms with van der Waals surface area (Å²) in [6.07, 6.45) is 1.87. The van der Waals surface area contributed by atoms with Crippen LogP contribution in [0, 0.1) is 5.92 Å². The maximum Gasteiger partial charge on any atom is 0.257 e. The second-order valence-electron chi connectivity index (χ2n) is 8.71. The first-order chi connectivity index (χ1) is 16.4. The number of amides is 1. The number of nitrogens with zero attached hydrogens (tertiary/aromatic N) is 1. The van der Waals surface area contributed by atoms with Crippen LogP contribution in [0.2, 0.25) is 0 Å². The van der Waals surface area contributed by atoms with Crippen molar-refractivity contribution in [3.05, 3.63) is 95.6 Å². The fourth-order valence-electron chi connectivity index (χ4n) is 4.25. The molecule has 7 heteroatoms. The average molecular weight is 479 g/mol. The van der Waals surface area contributed by atoms with Crippen molar-refractivity contribution >= 4 is 15.9 Å². The van der Waals surface area contributed by atoms with Gasteiger partial charge in [-0.2, -0.15) is 4.72 Å². The molecule has 3 aromatic carbocycles.